The second-order valence-electron chi connectivity index (χ2n) is 4.56. The van der Waals surface area contributed by atoms with Crippen molar-refractivity contribution in [3.05, 3.63) is 29.6 Å². The maximum atomic E-state index is 14.1. The predicted molar refractivity (Wildman–Crippen MR) is 71.0 cm³/mol. The molecule has 0 radical (unpaired) electrons. The van der Waals surface area contributed by atoms with E-state index < -0.39 is 15.8 Å². The monoisotopic (exact) mass is 288 g/mol. The van der Waals surface area contributed by atoms with Crippen LogP contribution in [0.3, 0.4) is 0 Å². The highest BCUT2D eigenvalue weighted by Gasteiger charge is 2.25. The number of rotatable bonds is 3. The lowest BCUT2D eigenvalue weighted by atomic mass is 10.1. The zero-order valence-electron chi connectivity index (χ0n) is 10.7. The number of halogens is 1. The van der Waals surface area contributed by atoms with Gasteiger partial charge in [-0.3, -0.25) is 0 Å². The topological polar surface area (TPSA) is 60.9 Å². The molecular weight excluding hydrogens is 271 g/mol. The summed E-state index contributed by atoms with van der Waals surface area (Å²) in [5.74, 6) is -0.433. The van der Waals surface area contributed by atoms with Crippen LogP contribution in [0.15, 0.2) is 18.2 Å². The van der Waals surface area contributed by atoms with Crippen molar-refractivity contribution in [2.45, 2.75) is 6.61 Å². The quantitative estimate of drug-likeness (QED) is 0.874. The SMILES string of the molecule is CS(=O)(=O)N1CCN(c2cccc(CO)c2F)CC1. The molecule has 5 nitrogen and oxygen atoms in total. The Labute approximate surface area is 112 Å². The van der Waals surface area contributed by atoms with Gasteiger partial charge in [-0.05, 0) is 6.07 Å². The van der Waals surface area contributed by atoms with Crippen LogP contribution in [0.5, 0.6) is 0 Å². The number of benzene rings is 1. The van der Waals surface area contributed by atoms with E-state index in [4.69, 9.17) is 5.11 Å². The van der Waals surface area contributed by atoms with E-state index >= 15 is 0 Å². The van der Waals surface area contributed by atoms with Gasteiger partial charge in [-0.1, -0.05) is 12.1 Å². The molecule has 0 unspecified atom stereocenters. The minimum Gasteiger partial charge on any atom is -0.392 e. The summed E-state index contributed by atoms with van der Waals surface area (Å²) in [5, 5.41) is 9.04. The highest BCUT2D eigenvalue weighted by molar-refractivity contribution is 7.88. The standard InChI is InChI=1S/C12H17FN2O3S/c1-19(17,18)15-7-5-14(6-8-15)11-4-2-3-10(9-16)12(11)13/h2-4,16H,5-9H2,1H3. The highest BCUT2D eigenvalue weighted by Crippen LogP contribution is 2.24. The second-order valence-corrected chi connectivity index (χ2v) is 6.54. The Morgan fingerprint density at radius 3 is 2.42 bits per heavy atom. The predicted octanol–water partition coefficient (Wildman–Crippen LogP) is 0.400. The van der Waals surface area contributed by atoms with Gasteiger partial charge >= 0.3 is 0 Å². The van der Waals surface area contributed by atoms with Crippen molar-refractivity contribution in [1.29, 1.82) is 0 Å². The van der Waals surface area contributed by atoms with Gasteiger partial charge in [0.1, 0.15) is 0 Å². The van der Waals surface area contributed by atoms with Gasteiger partial charge in [0.15, 0.2) is 5.82 Å². The first-order chi connectivity index (χ1) is 8.93. The van der Waals surface area contributed by atoms with E-state index in [1.807, 2.05) is 0 Å². The van der Waals surface area contributed by atoms with Crippen molar-refractivity contribution < 1.29 is 17.9 Å². The number of aliphatic hydroxyl groups excluding tert-OH is 1. The summed E-state index contributed by atoms with van der Waals surface area (Å²) in [7, 11) is -3.18. The number of aliphatic hydroxyl groups is 1. The molecule has 0 spiro atoms. The molecule has 2 rings (SSSR count). The van der Waals surface area contributed by atoms with Crippen LogP contribution in [0.25, 0.3) is 0 Å². The number of sulfonamides is 1. The second kappa shape index (κ2) is 5.44. The van der Waals surface area contributed by atoms with Crippen molar-refractivity contribution in [2.24, 2.45) is 0 Å². The molecule has 0 saturated carbocycles. The zero-order chi connectivity index (χ0) is 14.0. The van der Waals surface area contributed by atoms with Crippen molar-refractivity contribution in [2.75, 3.05) is 37.3 Å². The molecule has 0 bridgehead atoms. The summed E-state index contributed by atoms with van der Waals surface area (Å²) in [4.78, 5) is 1.80. The molecule has 0 aromatic heterocycles. The summed E-state index contributed by atoms with van der Waals surface area (Å²) in [6.07, 6.45) is 1.18. The summed E-state index contributed by atoms with van der Waals surface area (Å²) in [6, 6.07) is 4.86. The first-order valence-corrected chi connectivity index (χ1v) is 7.86. The Morgan fingerprint density at radius 2 is 1.89 bits per heavy atom. The van der Waals surface area contributed by atoms with Crippen LogP contribution in [0.4, 0.5) is 10.1 Å². The average molecular weight is 288 g/mol. The number of nitrogens with zero attached hydrogens (tertiary/aromatic N) is 2. The van der Waals surface area contributed by atoms with E-state index in [-0.39, 0.29) is 12.2 Å². The average Bonchev–Trinajstić information content (AvgIpc) is 2.38. The molecule has 1 N–H and O–H groups in total. The van der Waals surface area contributed by atoms with Crippen LogP contribution in [0, 0.1) is 5.82 Å². The van der Waals surface area contributed by atoms with E-state index in [2.05, 4.69) is 0 Å². The third-order valence-corrected chi connectivity index (χ3v) is 4.58. The Kier molecular flexibility index (Phi) is 4.07. The fourth-order valence-electron chi connectivity index (χ4n) is 2.19. The van der Waals surface area contributed by atoms with E-state index in [1.54, 1.807) is 17.0 Å². The molecule has 1 fully saturated rings. The minimum absolute atomic E-state index is 0.253. The van der Waals surface area contributed by atoms with Gasteiger partial charge in [0.05, 0.1) is 18.6 Å². The van der Waals surface area contributed by atoms with Gasteiger partial charge < -0.3 is 10.0 Å². The normalized spacial score (nSPS) is 17.7. The molecule has 0 amide bonds. The molecule has 1 heterocycles. The Morgan fingerprint density at radius 1 is 1.26 bits per heavy atom. The number of anilines is 1. The molecule has 7 heteroatoms. The molecule has 106 valence electrons. The molecule has 0 atom stereocenters. The van der Waals surface area contributed by atoms with Gasteiger partial charge in [-0.2, -0.15) is 4.31 Å². The van der Waals surface area contributed by atoms with E-state index in [0.717, 1.165) is 0 Å². The minimum atomic E-state index is -3.18. The van der Waals surface area contributed by atoms with Crippen molar-refractivity contribution in [3.8, 4) is 0 Å². The fraction of sp³-hybridized carbons (Fsp3) is 0.500. The molecular formula is C12H17FN2O3S. The van der Waals surface area contributed by atoms with Gasteiger partial charge in [-0.25, -0.2) is 12.8 Å². The summed E-state index contributed by atoms with van der Waals surface area (Å²) in [6.45, 7) is 1.24. The van der Waals surface area contributed by atoms with Crippen LogP contribution in [-0.2, 0) is 16.6 Å². The van der Waals surface area contributed by atoms with Crippen molar-refractivity contribution >= 4 is 15.7 Å². The number of piperazine rings is 1. The van der Waals surface area contributed by atoms with E-state index in [1.165, 1.54) is 16.6 Å². The number of hydrogen-bond acceptors (Lipinski definition) is 4. The lowest BCUT2D eigenvalue weighted by Gasteiger charge is -2.35. The largest absolute Gasteiger partial charge is 0.392 e. The maximum Gasteiger partial charge on any atom is 0.211 e. The Bertz CT molecular complexity index is 554. The molecule has 1 aromatic rings. The van der Waals surface area contributed by atoms with E-state index in [0.29, 0.717) is 31.9 Å². The third kappa shape index (κ3) is 3.05. The summed E-state index contributed by atoms with van der Waals surface area (Å²) < 4.78 is 38.2. The third-order valence-electron chi connectivity index (χ3n) is 3.28. The fourth-order valence-corrected chi connectivity index (χ4v) is 3.02. The van der Waals surface area contributed by atoms with Crippen molar-refractivity contribution in [1.82, 2.24) is 4.31 Å². The van der Waals surface area contributed by atoms with Gasteiger partial charge in [0.25, 0.3) is 0 Å². The summed E-state index contributed by atoms with van der Waals surface area (Å²) in [5.41, 5.74) is 0.669. The smallest absolute Gasteiger partial charge is 0.211 e. The van der Waals surface area contributed by atoms with Gasteiger partial charge in [-0.15, -0.1) is 0 Å². The molecule has 19 heavy (non-hydrogen) atoms. The molecule has 1 saturated heterocycles. The molecule has 1 aliphatic heterocycles. The first kappa shape index (κ1) is 14.2. The first-order valence-electron chi connectivity index (χ1n) is 6.02. The Balaban J connectivity index is 2.14. The van der Waals surface area contributed by atoms with E-state index in [9.17, 15) is 12.8 Å². The van der Waals surface area contributed by atoms with Crippen LogP contribution < -0.4 is 4.90 Å². The zero-order valence-corrected chi connectivity index (χ0v) is 11.5. The number of hydrogen-bond donors (Lipinski definition) is 1. The van der Waals surface area contributed by atoms with Crippen LogP contribution in [0.2, 0.25) is 0 Å². The lowest BCUT2D eigenvalue weighted by molar-refractivity contribution is 0.275. The van der Waals surface area contributed by atoms with Gasteiger partial charge in [0.2, 0.25) is 10.0 Å². The molecule has 1 aromatic carbocycles. The summed E-state index contributed by atoms with van der Waals surface area (Å²) >= 11 is 0. The molecule has 0 aliphatic carbocycles. The highest BCUT2D eigenvalue weighted by atomic mass is 32.2. The van der Waals surface area contributed by atoms with Gasteiger partial charge in [0, 0.05) is 31.7 Å². The van der Waals surface area contributed by atoms with Crippen LogP contribution in [-0.4, -0.2) is 50.3 Å². The van der Waals surface area contributed by atoms with Crippen molar-refractivity contribution in [3.63, 3.8) is 0 Å². The van der Waals surface area contributed by atoms with Crippen LogP contribution in [0.1, 0.15) is 5.56 Å². The molecule has 1 aliphatic rings. The Hall–Kier alpha value is -1.18. The lowest BCUT2D eigenvalue weighted by Crippen LogP contribution is -2.48. The van der Waals surface area contributed by atoms with Crippen LogP contribution >= 0.6 is 0 Å². The maximum absolute atomic E-state index is 14.1.